The predicted octanol–water partition coefficient (Wildman–Crippen LogP) is 3.66. The summed E-state index contributed by atoms with van der Waals surface area (Å²) in [6.07, 6.45) is 5.17. The number of piperidine rings is 1. The Balaban J connectivity index is 0.00000160. The molecule has 0 bridgehead atoms. The van der Waals surface area contributed by atoms with Gasteiger partial charge in [0.1, 0.15) is 11.6 Å². The van der Waals surface area contributed by atoms with Crippen LogP contribution in [0.5, 0.6) is 5.75 Å². The SMILES string of the molecule is Cl.Cl.O=C(O)C[C@@H]1CCN(Cc2ccccc2O)C[C@@H]1Cc1nc2ccncc2[nH]1. The van der Waals surface area contributed by atoms with Crippen LogP contribution >= 0.6 is 24.8 Å². The first-order chi connectivity index (χ1) is 13.6. The van der Waals surface area contributed by atoms with E-state index in [4.69, 9.17) is 0 Å². The summed E-state index contributed by atoms with van der Waals surface area (Å²) in [4.78, 5) is 25.7. The fourth-order valence-electron chi connectivity index (χ4n) is 4.16. The molecule has 1 aliphatic heterocycles. The molecule has 162 valence electrons. The van der Waals surface area contributed by atoms with E-state index in [-0.39, 0.29) is 43.1 Å². The average molecular weight is 453 g/mol. The molecule has 1 fully saturated rings. The number of aromatic hydroxyl groups is 1. The lowest BCUT2D eigenvalue weighted by Crippen LogP contribution is -2.41. The number of hydrogen-bond acceptors (Lipinski definition) is 5. The van der Waals surface area contributed by atoms with Crippen molar-refractivity contribution < 1.29 is 15.0 Å². The fourth-order valence-corrected chi connectivity index (χ4v) is 4.16. The number of H-pyrrole nitrogens is 1. The second-order valence-electron chi connectivity index (χ2n) is 7.55. The third kappa shape index (κ3) is 5.62. The number of nitrogens with one attached hydrogen (secondary N) is 1. The largest absolute Gasteiger partial charge is 0.508 e. The van der Waals surface area contributed by atoms with Crippen LogP contribution in [0.2, 0.25) is 0 Å². The number of hydrogen-bond donors (Lipinski definition) is 3. The Morgan fingerprint density at radius 2 is 2.00 bits per heavy atom. The van der Waals surface area contributed by atoms with Gasteiger partial charge in [0.25, 0.3) is 0 Å². The number of para-hydroxylation sites is 1. The molecule has 0 amide bonds. The zero-order chi connectivity index (χ0) is 19.5. The number of aromatic amines is 1. The number of carboxylic acid groups (broad SMARTS) is 1. The first kappa shape index (κ1) is 23.9. The lowest BCUT2D eigenvalue weighted by atomic mass is 9.81. The fraction of sp³-hybridized carbons (Fsp3) is 0.381. The van der Waals surface area contributed by atoms with Crippen molar-refractivity contribution in [3.05, 3.63) is 54.1 Å². The van der Waals surface area contributed by atoms with Crippen LogP contribution in [0.15, 0.2) is 42.7 Å². The number of imidazole rings is 1. The standard InChI is InChI=1S/C21H24N4O3.2ClH/c26-19-4-2-1-3-15(19)12-25-8-6-14(10-21(27)28)16(13-25)9-20-23-17-5-7-22-11-18(17)24-20;;/h1-5,7,11,14,16,26H,6,8-10,12-13H2,(H,23,24)(H,27,28);2*1H/t14-,16-;;/m0../s1. The number of rotatable bonds is 6. The molecule has 7 nitrogen and oxygen atoms in total. The molecule has 0 aliphatic carbocycles. The van der Waals surface area contributed by atoms with Crippen molar-refractivity contribution in [3.63, 3.8) is 0 Å². The maximum absolute atomic E-state index is 11.3. The second kappa shape index (κ2) is 10.6. The third-order valence-electron chi connectivity index (χ3n) is 5.59. The highest BCUT2D eigenvalue weighted by Gasteiger charge is 2.31. The number of benzene rings is 1. The first-order valence-electron chi connectivity index (χ1n) is 9.58. The highest BCUT2D eigenvalue weighted by atomic mass is 35.5. The molecule has 0 unspecified atom stereocenters. The van der Waals surface area contributed by atoms with Gasteiger partial charge in [0, 0.05) is 37.7 Å². The minimum Gasteiger partial charge on any atom is -0.508 e. The van der Waals surface area contributed by atoms with Crippen LogP contribution in [-0.4, -0.2) is 49.1 Å². The predicted molar refractivity (Wildman–Crippen MR) is 119 cm³/mol. The van der Waals surface area contributed by atoms with Gasteiger partial charge in [0.2, 0.25) is 0 Å². The summed E-state index contributed by atoms with van der Waals surface area (Å²) in [5.41, 5.74) is 2.67. The van der Waals surface area contributed by atoms with Crippen molar-refractivity contribution in [1.29, 1.82) is 0 Å². The van der Waals surface area contributed by atoms with E-state index in [2.05, 4.69) is 19.9 Å². The van der Waals surface area contributed by atoms with Gasteiger partial charge in [-0.15, -0.1) is 24.8 Å². The summed E-state index contributed by atoms with van der Waals surface area (Å²) in [5.74, 6) is 0.718. The Labute approximate surface area is 187 Å². The number of phenolic OH excluding ortho intramolecular Hbond substituents is 1. The summed E-state index contributed by atoms with van der Waals surface area (Å²) in [7, 11) is 0. The molecule has 1 aromatic carbocycles. The number of halogens is 2. The normalized spacial score (nSPS) is 19.1. The summed E-state index contributed by atoms with van der Waals surface area (Å²) in [6.45, 7) is 2.27. The smallest absolute Gasteiger partial charge is 0.303 e. The Morgan fingerprint density at radius 1 is 1.20 bits per heavy atom. The number of nitrogens with zero attached hydrogens (tertiary/aromatic N) is 3. The molecule has 3 heterocycles. The van der Waals surface area contributed by atoms with E-state index < -0.39 is 5.97 Å². The number of aromatic nitrogens is 3. The quantitative estimate of drug-likeness (QED) is 0.527. The van der Waals surface area contributed by atoms with Crippen LogP contribution in [0.25, 0.3) is 11.0 Å². The van der Waals surface area contributed by atoms with Crippen molar-refractivity contribution in [2.45, 2.75) is 25.8 Å². The lowest BCUT2D eigenvalue weighted by Gasteiger charge is -2.38. The molecule has 0 spiro atoms. The Bertz CT molecular complexity index is 949. The summed E-state index contributed by atoms with van der Waals surface area (Å²) >= 11 is 0. The van der Waals surface area contributed by atoms with Crippen molar-refractivity contribution in [3.8, 4) is 5.75 Å². The van der Waals surface area contributed by atoms with Gasteiger partial charge in [0.15, 0.2) is 0 Å². The molecule has 3 aromatic rings. The van der Waals surface area contributed by atoms with E-state index >= 15 is 0 Å². The number of likely N-dealkylation sites (tertiary alicyclic amines) is 1. The summed E-state index contributed by atoms with van der Waals surface area (Å²) in [5, 5.41) is 19.4. The van der Waals surface area contributed by atoms with Gasteiger partial charge in [-0.3, -0.25) is 14.7 Å². The van der Waals surface area contributed by atoms with Gasteiger partial charge in [-0.05, 0) is 36.9 Å². The van der Waals surface area contributed by atoms with Crippen LogP contribution in [0.3, 0.4) is 0 Å². The number of aliphatic carboxylic acids is 1. The number of carbonyl (C=O) groups is 1. The monoisotopic (exact) mass is 452 g/mol. The van der Waals surface area contributed by atoms with E-state index in [1.807, 2.05) is 24.3 Å². The molecule has 30 heavy (non-hydrogen) atoms. The molecule has 1 saturated heterocycles. The second-order valence-corrected chi connectivity index (χ2v) is 7.55. The maximum Gasteiger partial charge on any atom is 0.303 e. The van der Waals surface area contributed by atoms with Crippen LogP contribution < -0.4 is 0 Å². The number of fused-ring (bicyclic) bond motifs is 1. The van der Waals surface area contributed by atoms with Gasteiger partial charge in [-0.2, -0.15) is 0 Å². The van der Waals surface area contributed by atoms with Crippen molar-refractivity contribution in [2.24, 2.45) is 11.8 Å². The highest BCUT2D eigenvalue weighted by Crippen LogP contribution is 2.31. The van der Waals surface area contributed by atoms with Crippen molar-refractivity contribution >= 4 is 41.8 Å². The number of pyridine rings is 1. The Hall–Kier alpha value is -2.35. The van der Waals surface area contributed by atoms with Gasteiger partial charge >= 0.3 is 5.97 Å². The zero-order valence-electron chi connectivity index (χ0n) is 16.4. The zero-order valence-corrected chi connectivity index (χ0v) is 18.0. The molecule has 2 atom stereocenters. The average Bonchev–Trinajstić information content (AvgIpc) is 3.08. The molecular weight excluding hydrogens is 427 g/mol. The first-order valence-corrected chi connectivity index (χ1v) is 9.58. The number of carboxylic acids is 1. The van der Waals surface area contributed by atoms with E-state index in [0.717, 1.165) is 41.9 Å². The van der Waals surface area contributed by atoms with Gasteiger partial charge in [0.05, 0.1) is 17.2 Å². The summed E-state index contributed by atoms with van der Waals surface area (Å²) < 4.78 is 0. The Morgan fingerprint density at radius 3 is 2.73 bits per heavy atom. The van der Waals surface area contributed by atoms with E-state index in [9.17, 15) is 15.0 Å². The van der Waals surface area contributed by atoms with E-state index in [0.29, 0.717) is 18.7 Å². The molecule has 0 radical (unpaired) electrons. The van der Waals surface area contributed by atoms with Crippen molar-refractivity contribution in [2.75, 3.05) is 13.1 Å². The van der Waals surface area contributed by atoms with Gasteiger partial charge < -0.3 is 15.2 Å². The highest BCUT2D eigenvalue weighted by molar-refractivity contribution is 5.85. The van der Waals surface area contributed by atoms with Crippen LogP contribution in [0.4, 0.5) is 0 Å². The van der Waals surface area contributed by atoms with E-state index in [1.165, 1.54) is 0 Å². The molecule has 1 aliphatic rings. The van der Waals surface area contributed by atoms with Crippen molar-refractivity contribution in [1.82, 2.24) is 19.9 Å². The minimum absolute atomic E-state index is 0. The summed E-state index contributed by atoms with van der Waals surface area (Å²) in [6, 6.07) is 9.24. The Kier molecular flexibility index (Phi) is 8.46. The molecule has 9 heteroatoms. The number of phenols is 1. The molecular formula is C21H26Cl2N4O3. The van der Waals surface area contributed by atoms with Gasteiger partial charge in [-0.1, -0.05) is 18.2 Å². The maximum atomic E-state index is 11.3. The minimum atomic E-state index is -0.752. The van der Waals surface area contributed by atoms with Gasteiger partial charge in [-0.25, -0.2) is 4.98 Å². The molecule has 2 aromatic heterocycles. The topological polar surface area (TPSA) is 102 Å². The molecule has 0 saturated carbocycles. The lowest BCUT2D eigenvalue weighted by molar-refractivity contribution is -0.139. The third-order valence-corrected chi connectivity index (χ3v) is 5.59. The van der Waals surface area contributed by atoms with E-state index in [1.54, 1.807) is 18.5 Å². The molecule has 4 rings (SSSR count). The van der Waals surface area contributed by atoms with Crippen LogP contribution in [0.1, 0.15) is 24.2 Å². The van der Waals surface area contributed by atoms with Crippen LogP contribution in [-0.2, 0) is 17.8 Å². The van der Waals surface area contributed by atoms with Crippen LogP contribution in [0, 0.1) is 11.8 Å². The molecule has 3 N–H and O–H groups in total.